The van der Waals surface area contributed by atoms with E-state index in [0.717, 1.165) is 15.8 Å². The molecule has 10 heteroatoms. The number of aryl methyl sites for hydroxylation is 1. The van der Waals surface area contributed by atoms with Crippen LogP contribution in [0.2, 0.25) is 5.02 Å². The van der Waals surface area contributed by atoms with Crippen LogP contribution in [0.3, 0.4) is 0 Å². The molecule has 3 heterocycles. The summed E-state index contributed by atoms with van der Waals surface area (Å²) in [5.41, 5.74) is 1.19. The van der Waals surface area contributed by atoms with Crippen molar-refractivity contribution < 1.29 is 9.84 Å². The molecule has 0 amide bonds. The number of rotatable bonds is 7. The number of aliphatic hydroxyl groups excluding tert-OH is 1. The fraction of sp³-hybridized carbons (Fsp3) is 0.318. The Kier molecular flexibility index (Phi) is 6.20. The number of hydrogen-bond acceptors (Lipinski definition) is 7. The molecule has 1 aliphatic heterocycles. The van der Waals surface area contributed by atoms with E-state index >= 15 is 0 Å². The molecule has 0 radical (unpaired) electrons. The standard InChI is InChI=1S/C22H24ClN5O4/c1-14-4-9-17(12-24-14)32-21-25-19-18(28(21)13-15-5-7-16(23)8-6-15)20(30)27(10-3-11-29)22(31)26(19)2/h4-9,12,21,25,29H,3,10-11,13H2,1-2H3. The second-order valence-corrected chi connectivity index (χ2v) is 8.01. The number of aliphatic hydroxyl groups is 1. The lowest BCUT2D eigenvalue weighted by Crippen LogP contribution is -2.43. The third-order valence-electron chi connectivity index (χ3n) is 5.29. The van der Waals surface area contributed by atoms with Gasteiger partial charge in [-0.2, -0.15) is 0 Å². The van der Waals surface area contributed by atoms with Crippen LogP contribution in [0.15, 0.2) is 52.2 Å². The zero-order valence-electron chi connectivity index (χ0n) is 17.8. The van der Waals surface area contributed by atoms with Crippen molar-refractivity contribution in [2.75, 3.05) is 16.8 Å². The van der Waals surface area contributed by atoms with Gasteiger partial charge < -0.3 is 20.1 Å². The normalized spacial score (nSPS) is 14.9. The van der Waals surface area contributed by atoms with Crippen LogP contribution in [0.5, 0.6) is 5.75 Å². The molecule has 168 valence electrons. The number of benzene rings is 1. The average Bonchev–Trinajstić information content (AvgIpc) is 3.13. The van der Waals surface area contributed by atoms with Crippen LogP contribution in [0, 0.1) is 6.92 Å². The zero-order valence-corrected chi connectivity index (χ0v) is 18.5. The Labute approximate surface area is 189 Å². The lowest BCUT2D eigenvalue weighted by Gasteiger charge is -2.26. The monoisotopic (exact) mass is 457 g/mol. The van der Waals surface area contributed by atoms with E-state index in [-0.39, 0.29) is 13.2 Å². The minimum absolute atomic E-state index is 0.119. The second-order valence-electron chi connectivity index (χ2n) is 7.58. The average molecular weight is 458 g/mol. The molecule has 0 saturated heterocycles. The van der Waals surface area contributed by atoms with Crippen molar-refractivity contribution in [1.29, 1.82) is 0 Å². The minimum atomic E-state index is -0.739. The first-order valence-corrected chi connectivity index (χ1v) is 10.6. The van der Waals surface area contributed by atoms with E-state index in [0.29, 0.717) is 35.2 Å². The van der Waals surface area contributed by atoms with Crippen LogP contribution in [0.25, 0.3) is 0 Å². The lowest BCUT2D eigenvalue weighted by molar-refractivity contribution is 0.227. The molecule has 32 heavy (non-hydrogen) atoms. The van der Waals surface area contributed by atoms with Crippen molar-refractivity contribution in [1.82, 2.24) is 14.1 Å². The number of hydrogen-bond donors (Lipinski definition) is 2. The van der Waals surface area contributed by atoms with Gasteiger partial charge >= 0.3 is 5.69 Å². The number of fused-ring (bicyclic) bond motifs is 1. The predicted molar refractivity (Wildman–Crippen MR) is 122 cm³/mol. The second kappa shape index (κ2) is 9.05. The van der Waals surface area contributed by atoms with Crippen molar-refractivity contribution in [3.8, 4) is 5.75 Å². The van der Waals surface area contributed by atoms with Gasteiger partial charge in [0.05, 0.1) is 6.20 Å². The van der Waals surface area contributed by atoms with Crippen LogP contribution < -0.4 is 26.2 Å². The number of pyridine rings is 1. The Morgan fingerprint density at radius 3 is 2.59 bits per heavy atom. The van der Waals surface area contributed by atoms with Crippen LogP contribution in [0.4, 0.5) is 11.5 Å². The molecule has 0 saturated carbocycles. The summed E-state index contributed by atoms with van der Waals surface area (Å²) < 4.78 is 8.64. The smallest absolute Gasteiger partial charge is 0.332 e. The van der Waals surface area contributed by atoms with Gasteiger partial charge in [-0.15, -0.1) is 0 Å². The van der Waals surface area contributed by atoms with Gasteiger partial charge in [-0.25, -0.2) is 4.79 Å². The highest BCUT2D eigenvalue weighted by Gasteiger charge is 2.36. The van der Waals surface area contributed by atoms with Crippen LogP contribution in [-0.4, -0.2) is 32.2 Å². The molecule has 9 nitrogen and oxygen atoms in total. The highest BCUT2D eigenvalue weighted by atomic mass is 35.5. The van der Waals surface area contributed by atoms with E-state index in [1.807, 2.05) is 25.1 Å². The number of nitrogens with zero attached hydrogens (tertiary/aromatic N) is 4. The number of anilines is 2. The molecule has 1 atom stereocenters. The topological polar surface area (TPSA) is 102 Å². The van der Waals surface area contributed by atoms with Gasteiger partial charge in [-0.05, 0) is 43.2 Å². The molecule has 1 aromatic carbocycles. The van der Waals surface area contributed by atoms with E-state index in [4.69, 9.17) is 16.3 Å². The van der Waals surface area contributed by atoms with E-state index in [9.17, 15) is 14.7 Å². The van der Waals surface area contributed by atoms with E-state index in [1.54, 1.807) is 36.3 Å². The molecular formula is C22H24ClN5O4. The molecule has 2 aromatic heterocycles. The van der Waals surface area contributed by atoms with Crippen LogP contribution in [0.1, 0.15) is 17.7 Å². The largest absolute Gasteiger partial charge is 0.451 e. The van der Waals surface area contributed by atoms with E-state index < -0.39 is 17.6 Å². The molecule has 0 bridgehead atoms. The Balaban J connectivity index is 1.78. The summed E-state index contributed by atoms with van der Waals surface area (Å²) in [7, 11) is 1.60. The van der Waals surface area contributed by atoms with Crippen LogP contribution in [-0.2, 0) is 20.1 Å². The van der Waals surface area contributed by atoms with E-state index in [1.165, 1.54) is 4.57 Å². The third kappa shape index (κ3) is 4.21. The van der Waals surface area contributed by atoms with Crippen molar-refractivity contribution in [3.63, 3.8) is 0 Å². The van der Waals surface area contributed by atoms with E-state index in [2.05, 4.69) is 10.3 Å². The fourth-order valence-corrected chi connectivity index (χ4v) is 3.73. The summed E-state index contributed by atoms with van der Waals surface area (Å²) in [5, 5.41) is 13.0. The molecule has 4 rings (SSSR count). The minimum Gasteiger partial charge on any atom is -0.451 e. The zero-order chi connectivity index (χ0) is 22.8. The van der Waals surface area contributed by atoms with Gasteiger partial charge in [0.15, 0.2) is 0 Å². The molecule has 1 aliphatic rings. The first-order valence-electron chi connectivity index (χ1n) is 10.2. The van der Waals surface area contributed by atoms with Crippen molar-refractivity contribution in [2.45, 2.75) is 32.8 Å². The summed E-state index contributed by atoms with van der Waals surface area (Å²) in [4.78, 5) is 32.1. The SMILES string of the molecule is Cc1ccc(OC2Nc3c(c(=O)n(CCCO)c(=O)n3C)N2Cc2ccc(Cl)cc2)cn1. The quantitative estimate of drug-likeness (QED) is 0.560. The Morgan fingerprint density at radius 1 is 1.19 bits per heavy atom. The van der Waals surface area contributed by atoms with Gasteiger partial charge in [0.2, 0.25) is 0 Å². The highest BCUT2D eigenvalue weighted by Crippen LogP contribution is 2.32. The maximum absolute atomic E-state index is 13.3. The van der Waals surface area contributed by atoms with Gasteiger partial charge in [-0.1, -0.05) is 23.7 Å². The first-order chi connectivity index (χ1) is 15.4. The van der Waals surface area contributed by atoms with Gasteiger partial charge in [0.1, 0.15) is 17.3 Å². The van der Waals surface area contributed by atoms with Gasteiger partial charge in [-0.3, -0.25) is 18.9 Å². The molecule has 3 aromatic rings. The molecule has 0 aliphatic carbocycles. The number of ether oxygens (including phenoxy) is 1. The lowest BCUT2D eigenvalue weighted by atomic mass is 10.2. The van der Waals surface area contributed by atoms with Gasteiger partial charge in [0, 0.05) is 37.5 Å². The van der Waals surface area contributed by atoms with Crippen molar-refractivity contribution in [2.24, 2.45) is 7.05 Å². The Bertz CT molecular complexity index is 1220. The van der Waals surface area contributed by atoms with Gasteiger partial charge in [0.25, 0.3) is 11.9 Å². The number of aromatic nitrogens is 3. The van der Waals surface area contributed by atoms with Crippen molar-refractivity contribution in [3.05, 3.63) is 79.7 Å². The first kappa shape index (κ1) is 21.9. The maximum atomic E-state index is 13.3. The third-order valence-corrected chi connectivity index (χ3v) is 5.55. The molecule has 1 unspecified atom stereocenters. The summed E-state index contributed by atoms with van der Waals surface area (Å²) in [6.45, 7) is 2.22. The summed E-state index contributed by atoms with van der Waals surface area (Å²) in [6, 6.07) is 10.9. The summed E-state index contributed by atoms with van der Waals surface area (Å²) in [5.74, 6) is 0.895. The fourth-order valence-electron chi connectivity index (χ4n) is 3.61. The molecule has 0 spiro atoms. The number of halogens is 1. The summed E-state index contributed by atoms with van der Waals surface area (Å²) >= 11 is 6.02. The molecule has 0 fully saturated rings. The summed E-state index contributed by atoms with van der Waals surface area (Å²) in [6.07, 6.45) is 1.17. The Hall–Kier alpha value is -3.30. The molecule has 2 N–H and O–H groups in total. The predicted octanol–water partition coefficient (Wildman–Crippen LogP) is 2.08. The maximum Gasteiger partial charge on any atom is 0.332 e. The van der Waals surface area contributed by atoms with Crippen LogP contribution >= 0.6 is 11.6 Å². The highest BCUT2D eigenvalue weighted by molar-refractivity contribution is 6.30. The Morgan fingerprint density at radius 2 is 1.94 bits per heavy atom. The number of nitrogens with one attached hydrogen (secondary N) is 1. The molecular weight excluding hydrogens is 434 g/mol. The van der Waals surface area contributed by atoms with Crippen molar-refractivity contribution >= 4 is 23.1 Å².